The molecule has 67 heavy (non-hydrogen) atoms. The second-order valence-electron chi connectivity index (χ2n) is 19.3. The Labute approximate surface area is 397 Å². The van der Waals surface area contributed by atoms with Crippen LogP contribution in [-0.4, -0.2) is 79.6 Å². The number of pyridine rings is 1. The van der Waals surface area contributed by atoms with Crippen LogP contribution in [0.1, 0.15) is 108 Å². The van der Waals surface area contributed by atoms with Crippen LogP contribution in [0.2, 0.25) is 0 Å². The van der Waals surface area contributed by atoms with Crippen molar-refractivity contribution >= 4 is 52.4 Å². The van der Waals surface area contributed by atoms with Crippen molar-refractivity contribution in [1.82, 2.24) is 15.6 Å². The third kappa shape index (κ3) is 13.4. The number of aromatic nitrogens is 1. The number of piperidine rings is 2. The molecule has 0 spiro atoms. The summed E-state index contributed by atoms with van der Waals surface area (Å²) < 4.78 is 12.3. The van der Waals surface area contributed by atoms with Crippen LogP contribution in [0.5, 0.6) is 11.6 Å². The lowest BCUT2D eigenvalue weighted by Crippen LogP contribution is -2.50. The maximum Gasteiger partial charge on any atom is 0.257 e. The lowest BCUT2D eigenvalue weighted by molar-refractivity contribution is -0.134. The quantitative estimate of drug-likeness (QED) is 0.0505. The van der Waals surface area contributed by atoms with Gasteiger partial charge < -0.3 is 29.9 Å². The van der Waals surface area contributed by atoms with Crippen molar-refractivity contribution in [3.05, 3.63) is 102 Å². The van der Waals surface area contributed by atoms with Gasteiger partial charge >= 0.3 is 0 Å². The van der Waals surface area contributed by atoms with Gasteiger partial charge in [-0.15, -0.1) is 0 Å². The van der Waals surface area contributed by atoms with Gasteiger partial charge in [0.2, 0.25) is 18.2 Å². The summed E-state index contributed by atoms with van der Waals surface area (Å²) in [4.78, 5) is 62.3. The molecule has 3 aliphatic rings. The summed E-state index contributed by atoms with van der Waals surface area (Å²) in [5.41, 5.74) is 9.41. The molecule has 2 unspecified atom stereocenters. The average molecular weight is 914 g/mol. The molecule has 0 bridgehead atoms. The summed E-state index contributed by atoms with van der Waals surface area (Å²) in [5, 5.41) is 8.44. The second kappa shape index (κ2) is 23.0. The minimum absolute atomic E-state index is 0.216. The van der Waals surface area contributed by atoms with Crippen LogP contribution in [-0.2, 0) is 25.6 Å². The Morgan fingerprint density at radius 2 is 1.79 bits per heavy atom. The van der Waals surface area contributed by atoms with E-state index in [0.29, 0.717) is 74.5 Å². The second-order valence-corrected chi connectivity index (χ2v) is 19.3. The van der Waals surface area contributed by atoms with E-state index in [-0.39, 0.29) is 30.1 Å². The van der Waals surface area contributed by atoms with E-state index >= 15 is 0 Å². The number of amides is 3. The van der Waals surface area contributed by atoms with Gasteiger partial charge in [0.25, 0.3) is 5.88 Å². The van der Waals surface area contributed by atoms with Gasteiger partial charge in [-0.3, -0.25) is 24.5 Å². The number of Topliss-reactive ketones (excluding diaryl/α,β-unsaturated/α-hetero) is 1. The minimum Gasteiger partial charge on any atom is -0.482 e. The lowest BCUT2D eigenvalue weighted by Gasteiger charge is -2.45. The first-order chi connectivity index (χ1) is 32.0. The van der Waals surface area contributed by atoms with Crippen LogP contribution in [0.15, 0.2) is 84.3 Å². The number of imide groups is 1. The van der Waals surface area contributed by atoms with Gasteiger partial charge in [-0.25, -0.2) is 9.98 Å². The van der Waals surface area contributed by atoms with Crippen molar-refractivity contribution < 1.29 is 28.7 Å². The number of anilines is 3. The van der Waals surface area contributed by atoms with Gasteiger partial charge in [0, 0.05) is 55.8 Å². The van der Waals surface area contributed by atoms with Crippen molar-refractivity contribution in [1.29, 1.82) is 0 Å². The predicted octanol–water partition coefficient (Wildman–Crippen LogP) is 9.08. The number of nitrogens with one attached hydrogen (secondary N) is 3. The van der Waals surface area contributed by atoms with E-state index in [1.54, 1.807) is 0 Å². The minimum atomic E-state index is -0.480. The highest BCUT2D eigenvalue weighted by atomic mass is 16.5. The van der Waals surface area contributed by atoms with Crippen LogP contribution < -0.4 is 35.2 Å². The molecule has 0 aliphatic carbocycles. The van der Waals surface area contributed by atoms with Crippen LogP contribution in [0.4, 0.5) is 17.1 Å². The fourth-order valence-electron chi connectivity index (χ4n) is 9.21. The third-order valence-corrected chi connectivity index (χ3v) is 13.0. The first-order valence-electron chi connectivity index (χ1n) is 24.0. The molecular formula is C54H71N7O6. The van der Waals surface area contributed by atoms with E-state index in [9.17, 15) is 19.2 Å². The Balaban J connectivity index is 0.953. The van der Waals surface area contributed by atoms with Crippen molar-refractivity contribution in [2.45, 2.75) is 112 Å². The van der Waals surface area contributed by atoms with E-state index in [0.717, 1.165) is 96.7 Å². The Kier molecular flexibility index (Phi) is 17.2. The zero-order valence-electron chi connectivity index (χ0n) is 40.8. The Morgan fingerprint density at radius 1 is 1.03 bits per heavy atom. The molecule has 0 radical (unpaired) electrons. The molecule has 4 heterocycles. The maximum atomic E-state index is 13.0. The first kappa shape index (κ1) is 50.2. The third-order valence-electron chi connectivity index (χ3n) is 13.0. The maximum absolute atomic E-state index is 13.0. The predicted molar refractivity (Wildman–Crippen MR) is 269 cm³/mol. The number of ketones is 1. The zero-order chi connectivity index (χ0) is 48.3. The molecule has 13 nitrogen and oxygen atoms in total. The van der Waals surface area contributed by atoms with Gasteiger partial charge in [0.1, 0.15) is 23.8 Å². The molecule has 0 saturated carbocycles. The molecule has 3 fully saturated rings. The molecule has 3 saturated heterocycles. The van der Waals surface area contributed by atoms with Gasteiger partial charge in [0.05, 0.1) is 36.6 Å². The largest absolute Gasteiger partial charge is 0.482 e. The molecule has 1 aromatic heterocycles. The number of ether oxygens (including phenoxy) is 2. The smallest absolute Gasteiger partial charge is 0.257 e. The molecule has 6 rings (SSSR count). The molecule has 358 valence electrons. The van der Waals surface area contributed by atoms with E-state index in [1.807, 2.05) is 70.3 Å². The standard InChI is InChI=1S/C54H71N7O6/c1-10-14-41-25-27-60(49-30-56-53(66-28-26-55-34-62)51(38(49)5)67-54(7,8)9)33-47(41)58-39(6)57-43-21-19-40(20-22-43)29-44(63)16-12-11-15-35(2)42-31-61(32-42)48-18-13-17-45(37(48)4)36(3)46-23-24-50(64)59-52(46)65/h13-14,17-22,30,34-35,42,46,57H,3,6,10-12,15-16,23-29,31-33H2,1-2,4-5,7-9H3,(H,55,62)(H,59,64,65)/b41-14-,58-47-. The van der Waals surface area contributed by atoms with Crippen molar-refractivity contribution in [2.24, 2.45) is 22.7 Å². The van der Waals surface area contributed by atoms with E-state index in [4.69, 9.17) is 14.5 Å². The number of aliphatic imine (C=N–C) groups is 1. The van der Waals surface area contributed by atoms with Crippen molar-refractivity contribution in [2.75, 3.05) is 54.4 Å². The van der Waals surface area contributed by atoms with Crippen molar-refractivity contribution in [3.63, 3.8) is 0 Å². The zero-order valence-corrected chi connectivity index (χ0v) is 40.8. The number of nitrogens with zero attached hydrogens (tertiary/aromatic N) is 4. The fourth-order valence-corrected chi connectivity index (χ4v) is 9.21. The van der Waals surface area contributed by atoms with Gasteiger partial charge in [-0.1, -0.05) is 70.2 Å². The molecule has 2 atom stereocenters. The summed E-state index contributed by atoms with van der Waals surface area (Å²) in [5.74, 6) is 2.06. The summed E-state index contributed by atoms with van der Waals surface area (Å²) in [7, 11) is 0. The number of rotatable bonds is 22. The van der Waals surface area contributed by atoms with Gasteiger partial charge in [0.15, 0.2) is 5.75 Å². The lowest BCUT2D eigenvalue weighted by atomic mass is 9.82. The monoisotopic (exact) mass is 914 g/mol. The number of carbonyl (C=O) groups is 4. The van der Waals surface area contributed by atoms with Crippen LogP contribution in [0, 0.1) is 31.6 Å². The normalized spacial score (nSPS) is 18.3. The highest BCUT2D eigenvalue weighted by Crippen LogP contribution is 2.40. The Bertz CT molecular complexity index is 2360. The number of hydrogen-bond donors (Lipinski definition) is 3. The number of allylic oxidation sites excluding steroid dienone is 1. The molecule has 3 N–H and O–H groups in total. The number of benzene rings is 2. The van der Waals surface area contributed by atoms with Gasteiger partial charge in [-0.05, 0) is 118 Å². The number of carbonyl (C=O) groups excluding carboxylic acids is 4. The summed E-state index contributed by atoms with van der Waals surface area (Å²) in [6.45, 7) is 27.0. The van der Waals surface area contributed by atoms with E-state index in [1.165, 1.54) is 11.3 Å². The molecular weight excluding hydrogens is 843 g/mol. The molecule has 3 amide bonds. The SMILES string of the molecule is C=C(/N=C1/CN(c2cnc(OCCNC=O)c(OC(C)(C)C)c2C)CC/C1=C/CC)Nc1ccc(CC(=O)CCCCC(C)C2CN(c3cccc(C(=C)C4CCC(=O)NC4=O)c3C)C2)cc1. The van der Waals surface area contributed by atoms with Gasteiger partial charge in [-0.2, -0.15) is 0 Å². The first-order valence-corrected chi connectivity index (χ1v) is 24.0. The summed E-state index contributed by atoms with van der Waals surface area (Å²) in [6, 6.07) is 14.2. The summed E-state index contributed by atoms with van der Waals surface area (Å²) in [6.07, 6.45) is 11.2. The average Bonchev–Trinajstić information content (AvgIpc) is 3.26. The van der Waals surface area contributed by atoms with Crippen molar-refractivity contribution in [3.8, 4) is 11.6 Å². The molecule has 2 aromatic carbocycles. The fraction of sp³-hybridized carbons (Fsp3) is 0.481. The molecule has 3 aromatic rings. The number of hydrogen-bond acceptors (Lipinski definition) is 11. The highest BCUT2D eigenvalue weighted by molar-refractivity contribution is 6.05. The molecule has 3 aliphatic heterocycles. The van der Waals surface area contributed by atoms with Crippen LogP contribution >= 0.6 is 0 Å². The topological polar surface area (TPSA) is 155 Å². The number of unbranched alkanes of at least 4 members (excludes halogenated alkanes) is 1. The van der Waals surface area contributed by atoms with E-state index < -0.39 is 5.60 Å². The summed E-state index contributed by atoms with van der Waals surface area (Å²) >= 11 is 0. The van der Waals surface area contributed by atoms with Crippen LogP contribution in [0.25, 0.3) is 5.57 Å². The highest BCUT2D eigenvalue weighted by Gasteiger charge is 2.34. The Morgan fingerprint density at radius 3 is 2.49 bits per heavy atom. The van der Waals surface area contributed by atoms with Crippen LogP contribution in [0.3, 0.4) is 0 Å². The Hall–Kier alpha value is -6.24. The molecule has 13 heteroatoms. The van der Waals surface area contributed by atoms with E-state index in [2.05, 4.69) is 76.8 Å².